The van der Waals surface area contributed by atoms with E-state index in [-0.39, 0.29) is 18.2 Å². The van der Waals surface area contributed by atoms with Crippen molar-refractivity contribution in [1.29, 1.82) is 0 Å². The third-order valence-electron chi connectivity index (χ3n) is 3.00. The van der Waals surface area contributed by atoms with Crippen LogP contribution in [-0.4, -0.2) is 34.0 Å². The predicted octanol–water partition coefficient (Wildman–Crippen LogP) is 1.52. The number of carboxylic acids is 1. The second kappa shape index (κ2) is 5.23. The monoisotopic (exact) mass is 238 g/mol. The molecule has 1 aliphatic rings. The molecule has 0 aliphatic carbocycles. The molecule has 0 radical (unpaired) electrons. The Kier molecular flexibility index (Phi) is 3.68. The second-order valence-corrected chi connectivity index (χ2v) is 4.50. The van der Waals surface area contributed by atoms with E-state index < -0.39 is 5.97 Å². The Labute approximate surface area is 99.1 Å². The lowest BCUT2D eigenvalue weighted by molar-refractivity contribution is -0.138. The van der Waals surface area contributed by atoms with Gasteiger partial charge in [0.2, 0.25) is 0 Å². The Hall–Kier alpha value is -1.49. The fraction of sp³-hybridized carbons (Fsp3) is 0.500. The van der Waals surface area contributed by atoms with Crippen LogP contribution in [-0.2, 0) is 11.3 Å². The lowest BCUT2D eigenvalue weighted by Gasteiger charge is -2.15. The van der Waals surface area contributed by atoms with Gasteiger partial charge in [0.25, 0.3) is 0 Å². The van der Waals surface area contributed by atoms with E-state index >= 15 is 0 Å². The van der Waals surface area contributed by atoms with Gasteiger partial charge in [0.1, 0.15) is 5.82 Å². The largest absolute Gasteiger partial charge is 0.481 e. The number of carbonyl (C=O) groups is 1. The van der Waals surface area contributed by atoms with Gasteiger partial charge in [-0.05, 0) is 30.5 Å². The molecule has 2 rings (SSSR count). The average molecular weight is 238 g/mol. The highest BCUT2D eigenvalue weighted by molar-refractivity contribution is 5.67. The van der Waals surface area contributed by atoms with Gasteiger partial charge in [-0.25, -0.2) is 4.39 Å². The van der Waals surface area contributed by atoms with Crippen LogP contribution in [0.4, 0.5) is 4.39 Å². The van der Waals surface area contributed by atoms with Crippen molar-refractivity contribution < 1.29 is 14.3 Å². The molecular formula is C12H15FN2O2. The van der Waals surface area contributed by atoms with Crippen LogP contribution in [0.15, 0.2) is 18.5 Å². The highest BCUT2D eigenvalue weighted by Gasteiger charge is 2.24. The average Bonchev–Trinajstić information content (AvgIpc) is 2.64. The maximum atomic E-state index is 12.9. The standard InChI is InChI=1S/C12H15FN2O2/c13-11-3-10(5-14-6-11)8-15-2-1-9(7-15)4-12(16)17/h3,5-6,9H,1-2,4,7-8H2,(H,16,17). The molecule has 1 aromatic heterocycles. The number of rotatable bonds is 4. The first-order chi connectivity index (χ1) is 8.13. The summed E-state index contributed by atoms with van der Waals surface area (Å²) < 4.78 is 12.9. The summed E-state index contributed by atoms with van der Waals surface area (Å²) in [4.78, 5) is 16.5. The fourth-order valence-electron chi connectivity index (χ4n) is 2.27. The van der Waals surface area contributed by atoms with Crippen LogP contribution in [0.2, 0.25) is 0 Å². The fourth-order valence-corrected chi connectivity index (χ4v) is 2.27. The number of hydrogen-bond acceptors (Lipinski definition) is 3. The number of likely N-dealkylation sites (tertiary alicyclic amines) is 1. The zero-order chi connectivity index (χ0) is 12.3. The van der Waals surface area contributed by atoms with Crippen molar-refractivity contribution in [2.75, 3.05) is 13.1 Å². The molecule has 4 nitrogen and oxygen atoms in total. The summed E-state index contributed by atoms with van der Waals surface area (Å²) >= 11 is 0. The molecule has 1 unspecified atom stereocenters. The van der Waals surface area contributed by atoms with E-state index in [2.05, 4.69) is 9.88 Å². The van der Waals surface area contributed by atoms with Gasteiger partial charge >= 0.3 is 5.97 Å². The molecule has 0 aromatic carbocycles. The zero-order valence-electron chi connectivity index (χ0n) is 9.47. The molecule has 1 fully saturated rings. The van der Waals surface area contributed by atoms with Crippen LogP contribution in [0.1, 0.15) is 18.4 Å². The van der Waals surface area contributed by atoms with Crippen LogP contribution in [0.3, 0.4) is 0 Å². The molecule has 0 saturated carbocycles. The van der Waals surface area contributed by atoms with Gasteiger partial charge in [0, 0.05) is 25.7 Å². The minimum Gasteiger partial charge on any atom is -0.481 e. The number of nitrogens with zero attached hydrogens (tertiary/aromatic N) is 2. The van der Waals surface area contributed by atoms with Gasteiger partial charge in [-0.3, -0.25) is 14.7 Å². The number of aliphatic carboxylic acids is 1. The van der Waals surface area contributed by atoms with Crippen molar-refractivity contribution in [3.05, 3.63) is 29.8 Å². The highest BCUT2D eigenvalue weighted by atomic mass is 19.1. The molecule has 0 spiro atoms. The van der Waals surface area contributed by atoms with Crippen molar-refractivity contribution in [1.82, 2.24) is 9.88 Å². The Morgan fingerprint density at radius 2 is 2.41 bits per heavy atom. The van der Waals surface area contributed by atoms with E-state index in [9.17, 15) is 9.18 Å². The smallest absolute Gasteiger partial charge is 0.303 e. The van der Waals surface area contributed by atoms with Gasteiger partial charge in [-0.1, -0.05) is 0 Å². The summed E-state index contributed by atoms with van der Waals surface area (Å²) in [6.07, 6.45) is 3.95. The SMILES string of the molecule is O=C(O)CC1CCN(Cc2cncc(F)c2)C1. The predicted molar refractivity (Wildman–Crippen MR) is 59.8 cm³/mol. The molecule has 1 aromatic rings. The molecule has 0 amide bonds. The molecule has 1 aliphatic heterocycles. The number of aromatic nitrogens is 1. The Balaban J connectivity index is 1.87. The Morgan fingerprint density at radius 3 is 3.12 bits per heavy atom. The Bertz CT molecular complexity index is 411. The second-order valence-electron chi connectivity index (χ2n) is 4.50. The summed E-state index contributed by atoms with van der Waals surface area (Å²) in [5.41, 5.74) is 0.834. The molecule has 5 heteroatoms. The molecule has 1 N–H and O–H groups in total. The Morgan fingerprint density at radius 1 is 1.59 bits per heavy atom. The van der Waals surface area contributed by atoms with Crippen molar-refractivity contribution in [2.24, 2.45) is 5.92 Å². The van der Waals surface area contributed by atoms with Crippen LogP contribution in [0, 0.1) is 11.7 Å². The van der Waals surface area contributed by atoms with Crippen molar-refractivity contribution in [3.8, 4) is 0 Å². The molecular weight excluding hydrogens is 223 g/mol. The first-order valence-corrected chi connectivity index (χ1v) is 5.67. The third-order valence-corrected chi connectivity index (χ3v) is 3.00. The first-order valence-electron chi connectivity index (χ1n) is 5.67. The lowest BCUT2D eigenvalue weighted by atomic mass is 10.1. The highest BCUT2D eigenvalue weighted by Crippen LogP contribution is 2.21. The molecule has 1 atom stereocenters. The van der Waals surface area contributed by atoms with Crippen molar-refractivity contribution >= 4 is 5.97 Å². The first kappa shape index (κ1) is 12.0. The molecule has 17 heavy (non-hydrogen) atoms. The van der Waals surface area contributed by atoms with Gasteiger partial charge < -0.3 is 5.11 Å². The molecule has 1 saturated heterocycles. The van der Waals surface area contributed by atoms with E-state index in [0.29, 0.717) is 6.54 Å². The third kappa shape index (κ3) is 3.49. The molecule has 92 valence electrons. The van der Waals surface area contributed by atoms with Gasteiger partial charge in [0.15, 0.2) is 0 Å². The zero-order valence-corrected chi connectivity index (χ0v) is 9.47. The number of hydrogen-bond donors (Lipinski definition) is 1. The minimum atomic E-state index is -0.746. The van der Waals surface area contributed by atoms with E-state index in [1.54, 1.807) is 6.20 Å². The maximum Gasteiger partial charge on any atom is 0.303 e. The maximum absolute atomic E-state index is 12.9. The van der Waals surface area contributed by atoms with Crippen LogP contribution in [0.25, 0.3) is 0 Å². The van der Waals surface area contributed by atoms with Gasteiger partial charge in [-0.15, -0.1) is 0 Å². The summed E-state index contributed by atoms with van der Waals surface area (Å²) in [5.74, 6) is -0.859. The van der Waals surface area contributed by atoms with Crippen LogP contribution < -0.4 is 0 Å². The van der Waals surface area contributed by atoms with Gasteiger partial charge in [-0.2, -0.15) is 0 Å². The summed E-state index contributed by atoms with van der Waals surface area (Å²) in [6.45, 7) is 2.28. The molecule has 0 bridgehead atoms. The summed E-state index contributed by atoms with van der Waals surface area (Å²) in [6, 6.07) is 1.47. The summed E-state index contributed by atoms with van der Waals surface area (Å²) in [7, 11) is 0. The number of halogens is 1. The minimum absolute atomic E-state index is 0.217. The van der Waals surface area contributed by atoms with Crippen molar-refractivity contribution in [3.63, 3.8) is 0 Å². The van der Waals surface area contributed by atoms with Crippen LogP contribution in [0.5, 0.6) is 0 Å². The van der Waals surface area contributed by atoms with Gasteiger partial charge in [0.05, 0.1) is 6.20 Å². The number of pyridine rings is 1. The van der Waals surface area contributed by atoms with E-state index in [1.165, 1.54) is 12.3 Å². The van der Waals surface area contributed by atoms with E-state index in [4.69, 9.17) is 5.11 Å². The lowest BCUT2D eigenvalue weighted by Crippen LogP contribution is -2.21. The summed E-state index contributed by atoms with van der Waals surface area (Å²) in [5, 5.41) is 8.71. The normalized spacial score (nSPS) is 20.6. The van der Waals surface area contributed by atoms with E-state index in [1.807, 2.05) is 0 Å². The quantitative estimate of drug-likeness (QED) is 0.864. The van der Waals surface area contributed by atoms with Crippen LogP contribution >= 0.6 is 0 Å². The van der Waals surface area contributed by atoms with E-state index in [0.717, 1.165) is 25.1 Å². The number of carboxylic acid groups (broad SMARTS) is 1. The molecule has 2 heterocycles. The topological polar surface area (TPSA) is 53.4 Å². The van der Waals surface area contributed by atoms with Crippen molar-refractivity contribution in [2.45, 2.75) is 19.4 Å².